The Hall–Kier alpha value is -2.24. The smallest absolute Gasteiger partial charge is 0.265 e. The molecule has 1 aromatic carbocycles. The van der Waals surface area contributed by atoms with Crippen LogP contribution in [0.5, 0.6) is 5.75 Å². The lowest BCUT2D eigenvalue weighted by atomic mass is 10.2. The summed E-state index contributed by atoms with van der Waals surface area (Å²) >= 11 is 0. The molecule has 0 saturated heterocycles. The number of rotatable bonds is 5. The summed E-state index contributed by atoms with van der Waals surface area (Å²) in [7, 11) is 1.80. The highest BCUT2D eigenvalue weighted by Gasteiger charge is 2.24. The van der Waals surface area contributed by atoms with Crippen LogP contribution < -0.4 is 20.3 Å². The minimum Gasteiger partial charge on any atom is -0.482 e. The number of amides is 1. The highest BCUT2D eigenvalue weighted by molar-refractivity contribution is 5.97. The molecule has 1 aliphatic heterocycles. The van der Waals surface area contributed by atoms with E-state index in [2.05, 4.69) is 15.6 Å². The van der Waals surface area contributed by atoms with E-state index in [0.29, 0.717) is 12.6 Å². The topological polar surface area (TPSA) is 66.0 Å². The maximum atomic E-state index is 12.1. The normalized spacial score (nSPS) is 18.3. The van der Waals surface area contributed by atoms with E-state index in [0.717, 1.165) is 30.4 Å². The fraction of sp³-hybridized carbons (Fsp3) is 0.556. The molecule has 0 aromatic heterocycles. The van der Waals surface area contributed by atoms with Gasteiger partial charge in [-0.05, 0) is 31.4 Å². The number of guanidine groups is 1. The first-order valence-corrected chi connectivity index (χ1v) is 8.77. The Labute approximate surface area is 143 Å². The number of carbonyl (C=O) groups is 1. The van der Waals surface area contributed by atoms with Gasteiger partial charge in [0, 0.05) is 26.2 Å². The number of fused-ring (bicyclic) bond motifs is 1. The summed E-state index contributed by atoms with van der Waals surface area (Å²) in [4.78, 5) is 18.2. The molecule has 1 aliphatic carbocycles. The molecule has 1 aromatic rings. The van der Waals surface area contributed by atoms with Crippen molar-refractivity contribution in [2.75, 3.05) is 31.6 Å². The van der Waals surface area contributed by atoms with Gasteiger partial charge in [-0.3, -0.25) is 9.79 Å². The average molecular weight is 330 g/mol. The monoisotopic (exact) mass is 330 g/mol. The standard InChI is InChI=1S/C18H26N4O2/c1-19-18(21-14-7-2-3-8-14)20-11-6-12-22-15-9-4-5-10-16(15)24-13-17(22)23/h4-5,9-10,14H,2-3,6-8,11-13H2,1H3,(H2,19,20,21). The third-order valence-corrected chi connectivity index (χ3v) is 4.58. The maximum absolute atomic E-state index is 12.1. The van der Waals surface area contributed by atoms with Gasteiger partial charge in [0.1, 0.15) is 5.75 Å². The van der Waals surface area contributed by atoms with Crippen LogP contribution in [0.15, 0.2) is 29.3 Å². The first-order valence-electron chi connectivity index (χ1n) is 8.77. The molecule has 130 valence electrons. The molecule has 2 aliphatic rings. The largest absolute Gasteiger partial charge is 0.482 e. The van der Waals surface area contributed by atoms with Crippen molar-refractivity contribution in [2.45, 2.75) is 38.1 Å². The lowest BCUT2D eigenvalue weighted by Crippen LogP contribution is -2.44. The van der Waals surface area contributed by atoms with Crippen LogP contribution in [0, 0.1) is 0 Å². The zero-order valence-electron chi connectivity index (χ0n) is 14.3. The first kappa shape index (κ1) is 16.6. The highest BCUT2D eigenvalue weighted by atomic mass is 16.5. The van der Waals surface area contributed by atoms with Gasteiger partial charge in [0.15, 0.2) is 12.6 Å². The van der Waals surface area contributed by atoms with E-state index < -0.39 is 0 Å². The first-order chi connectivity index (χ1) is 11.8. The van der Waals surface area contributed by atoms with Crippen molar-refractivity contribution in [3.8, 4) is 5.75 Å². The molecule has 0 bridgehead atoms. The lowest BCUT2D eigenvalue weighted by molar-refractivity contribution is -0.121. The summed E-state index contributed by atoms with van der Waals surface area (Å²) < 4.78 is 5.47. The number of hydrogen-bond acceptors (Lipinski definition) is 3. The number of para-hydroxylation sites is 2. The zero-order valence-corrected chi connectivity index (χ0v) is 14.3. The molecule has 2 N–H and O–H groups in total. The average Bonchev–Trinajstić information content (AvgIpc) is 3.12. The Morgan fingerprint density at radius 3 is 2.92 bits per heavy atom. The molecule has 1 saturated carbocycles. The van der Waals surface area contributed by atoms with Crippen molar-refractivity contribution >= 4 is 17.6 Å². The second-order valence-corrected chi connectivity index (χ2v) is 6.28. The predicted octanol–water partition coefficient (Wildman–Crippen LogP) is 1.91. The van der Waals surface area contributed by atoms with Crippen molar-refractivity contribution in [1.82, 2.24) is 10.6 Å². The van der Waals surface area contributed by atoms with E-state index in [1.807, 2.05) is 29.2 Å². The number of benzene rings is 1. The second-order valence-electron chi connectivity index (χ2n) is 6.28. The van der Waals surface area contributed by atoms with Crippen molar-refractivity contribution in [2.24, 2.45) is 4.99 Å². The molecule has 0 unspecified atom stereocenters. The van der Waals surface area contributed by atoms with Gasteiger partial charge < -0.3 is 20.3 Å². The number of anilines is 1. The van der Waals surface area contributed by atoms with E-state index in [-0.39, 0.29) is 12.5 Å². The third-order valence-electron chi connectivity index (χ3n) is 4.58. The van der Waals surface area contributed by atoms with Gasteiger partial charge in [0.2, 0.25) is 0 Å². The van der Waals surface area contributed by atoms with Crippen molar-refractivity contribution in [3.63, 3.8) is 0 Å². The number of carbonyl (C=O) groups excluding carboxylic acids is 1. The Morgan fingerprint density at radius 1 is 1.33 bits per heavy atom. The van der Waals surface area contributed by atoms with Crippen LogP contribution in [0.25, 0.3) is 0 Å². The fourth-order valence-electron chi connectivity index (χ4n) is 3.30. The minimum absolute atomic E-state index is 0.0159. The number of ether oxygens (including phenoxy) is 1. The number of hydrogen-bond donors (Lipinski definition) is 2. The second kappa shape index (κ2) is 8.04. The van der Waals surface area contributed by atoms with Gasteiger partial charge in [-0.15, -0.1) is 0 Å². The number of aliphatic imine (C=N–C) groups is 1. The molecule has 0 atom stereocenters. The van der Waals surface area contributed by atoms with Crippen LogP contribution >= 0.6 is 0 Å². The van der Waals surface area contributed by atoms with Crippen molar-refractivity contribution in [1.29, 1.82) is 0 Å². The molecule has 1 amide bonds. The summed E-state index contributed by atoms with van der Waals surface area (Å²) in [5.74, 6) is 1.65. The Morgan fingerprint density at radius 2 is 2.12 bits per heavy atom. The van der Waals surface area contributed by atoms with Crippen LogP contribution in [0.3, 0.4) is 0 Å². The van der Waals surface area contributed by atoms with E-state index >= 15 is 0 Å². The van der Waals surface area contributed by atoms with Crippen LogP contribution in [-0.4, -0.2) is 44.7 Å². The molecule has 1 fully saturated rings. The Bertz CT molecular complexity index is 596. The summed E-state index contributed by atoms with van der Waals surface area (Å²) in [6, 6.07) is 8.23. The molecule has 1 heterocycles. The minimum atomic E-state index is 0.0159. The molecule has 3 rings (SSSR count). The summed E-state index contributed by atoms with van der Waals surface area (Å²) in [5, 5.41) is 6.81. The molecular formula is C18H26N4O2. The van der Waals surface area contributed by atoms with E-state index in [4.69, 9.17) is 4.74 Å². The Kier molecular flexibility index (Phi) is 5.56. The van der Waals surface area contributed by atoms with Gasteiger partial charge >= 0.3 is 0 Å². The van der Waals surface area contributed by atoms with E-state index in [1.54, 1.807) is 7.05 Å². The molecule has 0 spiro atoms. The van der Waals surface area contributed by atoms with Crippen molar-refractivity contribution < 1.29 is 9.53 Å². The summed E-state index contributed by atoms with van der Waals surface area (Å²) in [6.07, 6.45) is 5.89. The quantitative estimate of drug-likeness (QED) is 0.492. The number of nitrogens with zero attached hydrogens (tertiary/aromatic N) is 2. The predicted molar refractivity (Wildman–Crippen MR) is 95.7 cm³/mol. The third kappa shape index (κ3) is 3.99. The molecule has 6 heteroatoms. The van der Waals surface area contributed by atoms with Gasteiger partial charge in [0.05, 0.1) is 5.69 Å². The van der Waals surface area contributed by atoms with Crippen molar-refractivity contribution in [3.05, 3.63) is 24.3 Å². The van der Waals surface area contributed by atoms with Crippen LogP contribution in [0.2, 0.25) is 0 Å². The SMILES string of the molecule is CN=C(NCCCN1C(=O)COc2ccccc21)NC1CCCC1. The van der Waals surface area contributed by atoms with Gasteiger partial charge in [-0.1, -0.05) is 25.0 Å². The van der Waals surface area contributed by atoms with Gasteiger partial charge in [-0.25, -0.2) is 0 Å². The molecular weight excluding hydrogens is 304 g/mol. The zero-order chi connectivity index (χ0) is 16.8. The molecule has 24 heavy (non-hydrogen) atoms. The van der Waals surface area contributed by atoms with Crippen LogP contribution in [-0.2, 0) is 4.79 Å². The maximum Gasteiger partial charge on any atom is 0.265 e. The van der Waals surface area contributed by atoms with Gasteiger partial charge in [0.25, 0.3) is 5.91 Å². The van der Waals surface area contributed by atoms with Gasteiger partial charge in [-0.2, -0.15) is 0 Å². The van der Waals surface area contributed by atoms with E-state index in [1.165, 1.54) is 25.7 Å². The summed E-state index contributed by atoms with van der Waals surface area (Å²) in [6.45, 7) is 1.57. The fourth-order valence-corrected chi connectivity index (χ4v) is 3.30. The summed E-state index contributed by atoms with van der Waals surface area (Å²) in [5.41, 5.74) is 0.863. The van der Waals surface area contributed by atoms with E-state index in [9.17, 15) is 4.79 Å². The van der Waals surface area contributed by atoms with Crippen LogP contribution in [0.4, 0.5) is 5.69 Å². The molecule has 6 nitrogen and oxygen atoms in total. The number of nitrogens with one attached hydrogen (secondary N) is 2. The Balaban J connectivity index is 1.46. The van der Waals surface area contributed by atoms with Crippen LogP contribution in [0.1, 0.15) is 32.1 Å². The molecule has 0 radical (unpaired) electrons. The highest BCUT2D eigenvalue weighted by Crippen LogP contribution is 2.31. The lowest BCUT2D eigenvalue weighted by Gasteiger charge is -2.29.